The van der Waals surface area contributed by atoms with Crippen molar-refractivity contribution in [1.29, 1.82) is 0 Å². The molecule has 0 atom stereocenters. The lowest BCUT2D eigenvalue weighted by atomic mass is 10.0. The third-order valence-corrected chi connectivity index (χ3v) is 22.3. The highest BCUT2D eigenvalue weighted by Crippen LogP contribution is 2.48. The Morgan fingerprint density at radius 1 is 0.388 bits per heavy atom. The van der Waals surface area contributed by atoms with Crippen LogP contribution in [-0.2, 0) is 17.0 Å². The number of rotatable bonds is 12. The summed E-state index contributed by atoms with van der Waals surface area (Å²) in [7, 11) is -6.33. The maximum atomic E-state index is 8.75. The molecule has 0 fully saturated rings. The Labute approximate surface area is 311 Å². The van der Waals surface area contributed by atoms with Gasteiger partial charge in [-0.05, 0) is 79.1 Å². The van der Waals surface area contributed by atoms with Gasteiger partial charge < -0.3 is 4.12 Å². The van der Waals surface area contributed by atoms with Crippen LogP contribution in [-0.4, -0.2) is 16.6 Å². The van der Waals surface area contributed by atoms with Gasteiger partial charge in [0.15, 0.2) is 0 Å². The van der Waals surface area contributed by atoms with E-state index in [4.69, 9.17) is 4.12 Å². The van der Waals surface area contributed by atoms with Gasteiger partial charge in [0.05, 0.1) is 0 Å². The smallest absolute Gasteiger partial charge is 0.251 e. The fraction of sp³-hybridized carbons (Fsp3) is 0.182. The predicted molar refractivity (Wildman–Crippen MR) is 221 cm³/mol. The van der Waals surface area contributed by atoms with E-state index in [1.807, 2.05) is 0 Å². The third kappa shape index (κ3) is 7.15. The van der Waals surface area contributed by atoms with Gasteiger partial charge in [-0.2, -0.15) is 0 Å². The Hall–Kier alpha value is -3.33. The first-order valence-electron chi connectivity index (χ1n) is 17.0. The number of halogens is 2. The van der Waals surface area contributed by atoms with Crippen LogP contribution >= 0.6 is 31.9 Å². The standard InChI is InChI=1S/C44H44Br2OSi2/c1-43(2,33-35-25-29-37(45)30-26-35)48(39-17-9-5-10-18-39,40-19-11-6-12-20-40)47-49(41-21-13-7-14-22-41,42-23-15-8-16-24-42)44(3,4)34-36-27-31-38(46)32-28-36/h5-32H,33-34H2,1-4H3. The SMILES string of the molecule is CC(C)(Cc1ccc(Br)cc1)[Si](O[Si](c1ccccc1)(c1ccccc1)C(C)(C)Cc1ccc(Br)cc1)(c1ccccc1)c1ccccc1. The zero-order chi connectivity index (χ0) is 34.5. The van der Waals surface area contributed by atoms with Crippen molar-refractivity contribution in [2.45, 2.75) is 50.6 Å². The summed E-state index contributed by atoms with van der Waals surface area (Å²) in [6.45, 7) is 9.83. The van der Waals surface area contributed by atoms with Crippen molar-refractivity contribution < 1.29 is 4.12 Å². The molecule has 0 aliphatic rings. The second-order valence-corrected chi connectivity index (χ2v) is 24.7. The van der Waals surface area contributed by atoms with E-state index in [2.05, 4.69) is 229 Å². The van der Waals surface area contributed by atoms with Gasteiger partial charge in [0, 0.05) is 8.95 Å². The maximum Gasteiger partial charge on any atom is 0.251 e. The molecule has 6 rings (SSSR count). The van der Waals surface area contributed by atoms with Gasteiger partial charge in [-0.25, -0.2) is 0 Å². The van der Waals surface area contributed by atoms with Crippen molar-refractivity contribution in [3.05, 3.63) is 190 Å². The largest absolute Gasteiger partial charge is 0.441 e. The van der Waals surface area contributed by atoms with E-state index in [9.17, 15) is 0 Å². The average molecular weight is 805 g/mol. The third-order valence-electron chi connectivity index (χ3n) is 10.1. The van der Waals surface area contributed by atoms with Gasteiger partial charge in [0.2, 0.25) is 0 Å². The molecule has 0 aliphatic heterocycles. The van der Waals surface area contributed by atoms with E-state index in [0.717, 1.165) is 21.8 Å². The summed E-state index contributed by atoms with van der Waals surface area (Å²) in [4.78, 5) is 0. The van der Waals surface area contributed by atoms with Gasteiger partial charge >= 0.3 is 0 Å². The molecule has 0 saturated carbocycles. The summed E-state index contributed by atoms with van der Waals surface area (Å²) in [6, 6.07) is 62.4. The normalized spacial score (nSPS) is 12.5. The molecule has 6 aromatic carbocycles. The summed E-state index contributed by atoms with van der Waals surface area (Å²) in [5.41, 5.74) is 2.61. The minimum Gasteiger partial charge on any atom is -0.441 e. The fourth-order valence-electron chi connectivity index (χ4n) is 7.80. The molecule has 0 radical (unpaired) electrons. The van der Waals surface area contributed by atoms with Crippen LogP contribution in [0.3, 0.4) is 0 Å². The average Bonchev–Trinajstić information content (AvgIpc) is 3.12. The molecule has 1 nitrogen and oxygen atoms in total. The van der Waals surface area contributed by atoms with Crippen molar-refractivity contribution >= 4 is 69.2 Å². The van der Waals surface area contributed by atoms with Crippen molar-refractivity contribution in [3.63, 3.8) is 0 Å². The topological polar surface area (TPSA) is 9.23 Å². The van der Waals surface area contributed by atoms with E-state index in [0.29, 0.717) is 0 Å². The molecule has 0 unspecified atom stereocenters. The lowest BCUT2D eigenvalue weighted by molar-refractivity contribution is 0.450. The van der Waals surface area contributed by atoms with Gasteiger partial charge in [-0.15, -0.1) is 0 Å². The van der Waals surface area contributed by atoms with Crippen molar-refractivity contribution in [2.24, 2.45) is 0 Å². The Morgan fingerprint density at radius 3 is 0.878 bits per heavy atom. The Balaban J connectivity index is 1.70. The Bertz CT molecular complexity index is 1710. The van der Waals surface area contributed by atoms with Crippen molar-refractivity contribution in [3.8, 4) is 0 Å². The highest BCUT2D eigenvalue weighted by Gasteiger charge is 2.62. The molecule has 248 valence electrons. The zero-order valence-corrected chi connectivity index (χ0v) is 33.9. The van der Waals surface area contributed by atoms with Crippen LogP contribution in [0, 0.1) is 0 Å². The molecule has 49 heavy (non-hydrogen) atoms. The molecule has 0 aliphatic carbocycles. The Morgan fingerprint density at radius 2 is 0.633 bits per heavy atom. The molecule has 0 spiro atoms. The summed E-state index contributed by atoms with van der Waals surface area (Å²) < 4.78 is 10.9. The number of benzene rings is 6. The van der Waals surface area contributed by atoms with Gasteiger partial charge in [0.25, 0.3) is 16.6 Å². The van der Waals surface area contributed by atoms with Crippen LogP contribution in [0.25, 0.3) is 0 Å². The highest BCUT2D eigenvalue weighted by atomic mass is 79.9. The summed E-state index contributed by atoms with van der Waals surface area (Å²) in [5.74, 6) is 0. The summed E-state index contributed by atoms with van der Waals surface area (Å²) in [5, 5.41) is 4.66. The molecule has 0 saturated heterocycles. The predicted octanol–water partition coefficient (Wildman–Crippen LogP) is 10.1. The first-order chi connectivity index (χ1) is 23.6. The van der Waals surface area contributed by atoms with Crippen molar-refractivity contribution in [2.75, 3.05) is 0 Å². The lowest BCUT2D eigenvalue weighted by Crippen LogP contribution is -2.79. The number of hydrogen-bond donors (Lipinski definition) is 0. The second kappa shape index (κ2) is 14.9. The van der Waals surface area contributed by atoms with Crippen LogP contribution in [0.2, 0.25) is 10.1 Å². The zero-order valence-electron chi connectivity index (χ0n) is 28.7. The molecular weight excluding hydrogens is 760 g/mol. The quantitative estimate of drug-likeness (QED) is 0.112. The first-order valence-corrected chi connectivity index (χ1v) is 22.4. The van der Waals surface area contributed by atoms with E-state index in [1.54, 1.807) is 0 Å². The van der Waals surface area contributed by atoms with Crippen LogP contribution < -0.4 is 20.7 Å². The maximum absolute atomic E-state index is 8.75. The highest BCUT2D eigenvalue weighted by molar-refractivity contribution is 9.10. The molecule has 5 heteroatoms. The summed E-state index contributed by atoms with van der Waals surface area (Å²) in [6.07, 6.45) is 1.75. The van der Waals surface area contributed by atoms with E-state index >= 15 is 0 Å². The molecule has 0 aromatic heterocycles. The molecule has 0 bridgehead atoms. The molecular formula is C44H44Br2OSi2. The van der Waals surface area contributed by atoms with E-state index < -0.39 is 16.6 Å². The van der Waals surface area contributed by atoms with Crippen LogP contribution in [0.5, 0.6) is 0 Å². The second-order valence-electron chi connectivity index (χ2n) is 14.3. The molecule has 0 amide bonds. The van der Waals surface area contributed by atoms with Gasteiger partial charge in [-0.3, -0.25) is 0 Å². The minimum absolute atomic E-state index is 0.265. The lowest BCUT2D eigenvalue weighted by Gasteiger charge is -2.55. The fourth-order valence-corrected chi connectivity index (χ4v) is 21.6. The van der Waals surface area contributed by atoms with Crippen molar-refractivity contribution in [1.82, 2.24) is 0 Å². The van der Waals surface area contributed by atoms with Crippen LogP contribution in [0.1, 0.15) is 38.8 Å². The van der Waals surface area contributed by atoms with Crippen LogP contribution in [0.15, 0.2) is 179 Å². The van der Waals surface area contributed by atoms with E-state index in [1.165, 1.54) is 31.9 Å². The minimum atomic E-state index is -3.17. The molecule has 0 N–H and O–H groups in total. The Kier molecular flexibility index (Phi) is 10.8. The monoisotopic (exact) mass is 802 g/mol. The molecule has 0 heterocycles. The van der Waals surface area contributed by atoms with Crippen LogP contribution in [0.4, 0.5) is 0 Å². The first kappa shape index (κ1) is 35.5. The van der Waals surface area contributed by atoms with Gasteiger partial charge in [0.1, 0.15) is 0 Å². The number of hydrogen-bond acceptors (Lipinski definition) is 1. The van der Waals surface area contributed by atoms with E-state index in [-0.39, 0.29) is 10.1 Å². The molecule has 6 aromatic rings. The van der Waals surface area contributed by atoms with Gasteiger partial charge in [-0.1, -0.05) is 205 Å². The summed E-state index contributed by atoms with van der Waals surface area (Å²) >= 11 is 7.34.